The zero-order chi connectivity index (χ0) is 13.9. The summed E-state index contributed by atoms with van der Waals surface area (Å²) in [6, 6.07) is -3.27. The maximum absolute atomic E-state index is 11.7. The highest BCUT2D eigenvalue weighted by molar-refractivity contribution is 6.04. The van der Waals surface area contributed by atoms with E-state index in [2.05, 4.69) is 0 Å². The number of carboxylic acids is 1. The summed E-state index contributed by atoms with van der Waals surface area (Å²) in [7, 11) is 0. The number of nitrogens with one attached hydrogen (secondary N) is 2. The van der Waals surface area contributed by atoms with E-state index in [0.29, 0.717) is 0 Å². The molecule has 1 saturated heterocycles. The summed E-state index contributed by atoms with van der Waals surface area (Å²) in [5.41, 5.74) is 0. The second kappa shape index (κ2) is 5.45. The Morgan fingerprint density at radius 1 is 1.56 bits per heavy atom. The van der Waals surface area contributed by atoms with Crippen LogP contribution >= 0.6 is 0 Å². The normalized spacial score (nSPS) is 21.2. The molecule has 1 aliphatic rings. The Balaban J connectivity index is 2.73. The Hall–Kier alpha value is -2.16. The summed E-state index contributed by atoms with van der Waals surface area (Å²) in [6.07, 6.45) is 0. The number of aliphatic hydroxyl groups is 1. The molecule has 0 aromatic rings. The second-order valence-corrected chi connectivity index (χ2v) is 3.74. The fraction of sp³-hybridized carbons (Fsp3) is 0.556. The molecule has 1 rings (SSSR count). The van der Waals surface area contributed by atoms with Crippen LogP contribution in [0.4, 0.5) is 4.79 Å². The zero-order valence-electron chi connectivity index (χ0n) is 9.54. The van der Waals surface area contributed by atoms with Crippen LogP contribution in [0.5, 0.6) is 0 Å². The van der Waals surface area contributed by atoms with E-state index in [-0.39, 0.29) is 6.54 Å². The zero-order valence-corrected chi connectivity index (χ0v) is 9.54. The van der Waals surface area contributed by atoms with Gasteiger partial charge < -0.3 is 20.4 Å². The molecule has 0 bridgehead atoms. The molecule has 0 radical (unpaired) electrons. The first-order valence-electron chi connectivity index (χ1n) is 5.11. The molecule has 0 aliphatic carbocycles. The standard InChI is InChI=1S/C9H13N3O6/c1-4-7(15)11-6(14)2-12(4)9(18)10-5(3-13)8(16)17/h4-5,13H,2-3H2,1H3,(H,10,18)(H,16,17)(H,11,14,15)/t4?,5-/m1/s1. The second-order valence-electron chi connectivity index (χ2n) is 3.74. The molecule has 0 aromatic carbocycles. The average molecular weight is 259 g/mol. The molecule has 100 valence electrons. The molecule has 4 N–H and O–H groups in total. The molecule has 1 aliphatic heterocycles. The molecular weight excluding hydrogens is 246 g/mol. The summed E-state index contributed by atoms with van der Waals surface area (Å²) >= 11 is 0. The van der Waals surface area contributed by atoms with Crippen LogP contribution < -0.4 is 10.6 Å². The smallest absolute Gasteiger partial charge is 0.328 e. The van der Waals surface area contributed by atoms with Gasteiger partial charge in [-0.05, 0) is 6.92 Å². The van der Waals surface area contributed by atoms with Gasteiger partial charge in [0.25, 0.3) is 0 Å². The molecule has 4 amide bonds. The summed E-state index contributed by atoms with van der Waals surface area (Å²) in [5.74, 6) is -2.70. The monoisotopic (exact) mass is 259 g/mol. The maximum atomic E-state index is 11.7. The lowest BCUT2D eigenvalue weighted by molar-refractivity contribution is -0.140. The number of urea groups is 1. The van der Waals surface area contributed by atoms with Gasteiger partial charge in [0.1, 0.15) is 12.6 Å². The molecular formula is C9H13N3O6. The SMILES string of the molecule is CC1C(=O)NC(=O)CN1C(=O)N[C@H](CO)C(=O)O. The van der Waals surface area contributed by atoms with Crippen LogP contribution in [0, 0.1) is 0 Å². The number of rotatable bonds is 3. The molecule has 1 heterocycles. The van der Waals surface area contributed by atoms with Crippen LogP contribution in [0.1, 0.15) is 6.92 Å². The number of amides is 4. The Morgan fingerprint density at radius 2 is 2.17 bits per heavy atom. The van der Waals surface area contributed by atoms with E-state index >= 15 is 0 Å². The van der Waals surface area contributed by atoms with Gasteiger partial charge in [-0.15, -0.1) is 0 Å². The van der Waals surface area contributed by atoms with E-state index in [1.807, 2.05) is 10.6 Å². The largest absolute Gasteiger partial charge is 0.480 e. The summed E-state index contributed by atoms with van der Waals surface area (Å²) in [6.45, 7) is 0.260. The number of carbonyl (C=O) groups excluding carboxylic acids is 3. The fourth-order valence-electron chi connectivity index (χ4n) is 1.38. The molecule has 0 aromatic heterocycles. The third kappa shape index (κ3) is 2.94. The van der Waals surface area contributed by atoms with Crippen molar-refractivity contribution in [1.29, 1.82) is 0 Å². The first-order chi connectivity index (χ1) is 8.36. The Labute approximate surface area is 102 Å². The number of imide groups is 1. The summed E-state index contributed by atoms with van der Waals surface area (Å²) in [5, 5.41) is 21.5. The van der Waals surface area contributed by atoms with Gasteiger partial charge in [0, 0.05) is 0 Å². The molecule has 1 unspecified atom stereocenters. The number of aliphatic carboxylic acids is 1. The van der Waals surface area contributed by atoms with Crippen molar-refractivity contribution in [3.8, 4) is 0 Å². The molecule has 2 atom stereocenters. The number of piperazine rings is 1. The highest BCUT2D eigenvalue weighted by atomic mass is 16.4. The van der Waals surface area contributed by atoms with Crippen molar-refractivity contribution in [2.45, 2.75) is 19.0 Å². The van der Waals surface area contributed by atoms with Gasteiger partial charge in [-0.3, -0.25) is 14.9 Å². The Morgan fingerprint density at radius 3 is 2.67 bits per heavy atom. The van der Waals surface area contributed by atoms with E-state index in [1.165, 1.54) is 6.92 Å². The summed E-state index contributed by atoms with van der Waals surface area (Å²) < 4.78 is 0. The third-order valence-corrected chi connectivity index (χ3v) is 2.46. The van der Waals surface area contributed by atoms with Crippen LogP contribution in [-0.2, 0) is 14.4 Å². The van der Waals surface area contributed by atoms with Crippen LogP contribution in [-0.4, -0.2) is 64.2 Å². The lowest BCUT2D eigenvalue weighted by atomic mass is 10.2. The molecule has 18 heavy (non-hydrogen) atoms. The van der Waals surface area contributed by atoms with Crippen LogP contribution in [0.15, 0.2) is 0 Å². The molecule has 9 heteroatoms. The third-order valence-electron chi connectivity index (χ3n) is 2.46. The lowest BCUT2D eigenvalue weighted by Crippen LogP contribution is -2.62. The van der Waals surface area contributed by atoms with Crippen molar-refractivity contribution in [3.05, 3.63) is 0 Å². The van der Waals surface area contributed by atoms with Crippen molar-refractivity contribution in [2.75, 3.05) is 13.2 Å². The predicted octanol–water partition coefficient (Wildman–Crippen LogP) is -2.51. The van der Waals surface area contributed by atoms with Gasteiger partial charge in [0.2, 0.25) is 11.8 Å². The van der Waals surface area contributed by atoms with Crippen LogP contribution in [0.3, 0.4) is 0 Å². The number of aliphatic hydroxyl groups excluding tert-OH is 1. The highest BCUT2D eigenvalue weighted by Gasteiger charge is 2.34. The molecule has 0 saturated carbocycles. The summed E-state index contributed by atoms with van der Waals surface area (Å²) in [4.78, 5) is 45.6. The first-order valence-corrected chi connectivity index (χ1v) is 5.11. The number of hydrogen-bond donors (Lipinski definition) is 4. The maximum Gasteiger partial charge on any atom is 0.328 e. The number of carboxylic acid groups (broad SMARTS) is 1. The van der Waals surface area contributed by atoms with Gasteiger partial charge in [0.15, 0.2) is 6.04 Å². The minimum absolute atomic E-state index is 0.351. The Bertz CT molecular complexity index is 396. The fourth-order valence-corrected chi connectivity index (χ4v) is 1.38. The van der Waals surface area contributed by atoms with E-state index in [0.717, 1.165) is 4.90 Å². The minimum atomic E-state index is -1.48. The van der Waals surface area contributed by atoms with Gasteiger partial charge in [-0.25, -0.2) is 9.59 Å². The molecule has 9 nitrogen and oxygen atoms in total. The topological polar surface area (TPSA) is 136 Å². The minimum Gasteiger partial charge on any atom is -0.480 e. The van der Waals surface area contributed by atoms with Crippen molar-refractivity contribution >= 4 is 23.8 Å². The van der Waals surface area contributed by atoms with Crippen molar-refractivity contribution in [2.24, 2.45) is 0 Å². The first kappa shape index (κ1) is 13.9. The van der Waals surface area contributed by atoms with Gasteiger partial charge in [0.05, 0.1) is 6.61 Å². The quantitative estimate of drug-likeness (QED) is 0.413. The van der Waals surface area contributed by atoms with E-state index in [1.54, 1.807) is 0 Å². The number of hydrogen-bond acceptors (Lipinski definition) is 5. The van der Waals surface area contributed by atoms with E-state index in [4.69, 9.17) is 10.2 Å². The van der Waals surface area contributed by atoms with E-state index < -0.39 is 42.5 Å². The van der Waals surface area contributed by atoms with Crippen LogP contribution in [0.25, 0.3) is 0 Å². The van der Waals surface area contributed by atoms with Crippen molar-refractivity contribution in [3.63, 3.8) is 0 Å². The lowest BCUT2D eigenvalue weighted by Gasteiger charge is -2.32. The van der Waals surface area contributed by atoms with Crippen molar-refractivity contribution < 1.29 is 29.4 Å². The Kier molecular flexibility index (Phi) is 4.21. The number of carbonyl (C=O) groups is 4. The van der Waals surface area contributed by atoms with Crippen molar-refractivity contribution in [1.82, 2.24) is 15.5 Å². The van der Waals surface area contributed by atoms with Gasteiger partial charge >= 0.3 is 12.0 Å². The highest BCUT2D eigenvalue weighted by Crippen LogP contribution is 2.05. The molecule has 0 spiro atoms. The number of nitrogens with zero attached hydrogens (tertiary/aromatic N) is 1. The average Bonchev–Trinajstić information content (AvgIpc) is 2.29. The molecule has 1 fully saturated rings. The van der Waals surface area contributed by atoms with E-state index in [9.17, 15) is 19.2 Å². The predicted molar refractivity (Wildman–Crippen MR) is 56.4 cm³/mol. The van der Waals surface area contributed by atoms with Gasteiger partial charge in [-0.1, -0.05) is 0 Å². The van der Waals surface area contributed by atoms with Gasteiger partial charge in [-0.2, -0.15) is 0 Å². The van der Waals surface area contributed by atoms with Crippen LogP contribution in [0.2, 0.25) is 0 Å².